The third kappa shape index (κ3) is 5.46. The predicted octanol–water partition coefficient (Wildman–Crippen LogP) is 4.41. The highest BCUT2D eigenvalue weighted by Crippen LogP contribution is 2.20. The zero-order chi connectivity index (χ0) is 20.8. The molecule has 0 aliphatic heterocycles. The predicted molar refractivity (Wildman–Crippen MR) is 114 cm³/mol. The van der Waals surface area contributed by atoms with Gasteiger partial charge in [0.25, 0.3) is 11.8 Å². The van der Waals surface area contributed by atoms with Crippen molar-refractivity contribution in [1.82, 2.24) is 0 Å². The van der Waals surface area contributed by atoms with Gasteiger partial charge in [-0.05, 0) is 48.5 Å². The SMILES string of the molecule is CC(=O)Oc1cccc(C(=O)Nc2cccc(NC(=O)c3ccccc3S)c2)c1. The van der Waals surface area contributed by atoms with Crippen LogP contribution < -0.4 is 15.4 Å². The monoisotopic (exact) mass is 406 g/mol. The molecule has 0 fully saturated rings. The second-order valence-corrected chi connectivity index (χ2v) is 6.61. The largest absolute Gasteiger partial charge is 0.427 e. The summed E-state index contributed by atoms with van der Waals surface area (Å²) in [6.07, 6.45) is 0. The molecule has 146 valence electrons. The Bertz CT molecular complexity index is 1080. The highest BCUT2D eigenvalue weighted by Gasteiger charge is 2.11. The third-order valence-corrected chi connectivity index (χ3v) is 4.27. The summed E-state index contributed by atoms with van der Waals surface area (Å²) in [5, 5.41) is 5.54. The van der Waals surface area contributed by atoms with E-state index in [0.717, 1.165) is 0 Å². The molecule has 0 aromatic heterocycles. The molecule has 0 radical (unpaired) electrons. The molecule has 2 amide bonds. The maximum atomic E-state index is 12.5. The van der Waals surface area contributed by atoms with E-state index in [-0.39, 0.29) is 17.6 Å². The van der Waals surface area contributed by atoms with E-state index in [1.165, 1.54) is 13.0 Å². The van der Waals surface area contributed by atoms with Gasteiger partial charge in [-0.3, -0.25) is 14.4 Å². The summed E-state index contributed by atoms with van der Waals surface area (Å²) in [5.41, 5.74) is 1.82. The van der Waals surface area contributed by atoms with Crippen LogP contribution in [0.15, 0.2) is 77.7 Å². The van der Waals surface area contributed by atoms with Crippen LogP contribution in [0, 0.1) is 0 Å². The van der Waals surface area contributed by atoms with Crippen LogP contribution >= 0.6 is 12.6 Å². The smallest absolute Gasteiger partial charge is 0.308 e. The van der Waals surface area contributed by atoms with Gasteiger partial charge in [-0.2, -0.15) is 0 Å². The molecule has 0 saturated heterocycles. The Morgan fingerprint density at radius 1 is 0.793 bits per heavy atom. The van der Waals surface area contributed by atoms with Crippen molar-refractivity contribution >= 4 is 41.8 Å². The minimum atomic E-state index is -0.464. The molecule has 29 heavy (non-hydrogen) atoms. The van der Waals surface area contributed by atoms with Crippen LogP contribution in [0.25, 0.3) is 0 Å². The number of carbonyl (C=O) groups is 3. The zero-order valence-corrected chi connectivity index (χ0v) is 16.4. The molecule has 0 spiro atoms. The van der Waals surface area contributed by atoms with Gasteiger partial charge in [-0.25, -0.2) is 0 Å². The first-order valence-corrected chi connectivity index (χ1v) is 9.16. The van der Waals surface area contributed by atoms with E-state index >= 15 is 0 Å². The average molecular weight is 406 g/mol. The van der Waals surface area contributed by atoms with Crippen LogP contribution in [0.5, 0.6) is 5.75 Å². The topological polar surface area (TPSA) is 84.5 Å². The molecule has 0 bridgehead atoms. The lowest BCUT2D eigenvalue weighted by molar-refractivity contribution is -0.131. The van der Waals surface area contributed by atoms with Gasteiger partial charge < -0.3 is 15.4 Å². The molecule has 6 nitrogen and oxygen atoms in total. The third-order valence-electron chi connectivity index (χ3n) is 3.88. The van der Waals surface area contributed by atoms with E-state index < -0.39 is 5.97 Å². The number of ether oxygens (including phenoxy) is 1. The number of amides is 2. The van der Waals surface area contributed by atoms with E-state index in [0.29, 0.717) is 27.4 Å². The van der Waals surface area contributed by atoms with Gasteiger partial charge in [0, 0.05) is 28.8 Å². The first kappa shape index (κ1) is 20.2. The van der Waals surface area contributed by atoms with Crippen LogP contribution in [0.3, 0.4) is 0 Å². The van der Waals surface area contributed by atoms with Gasteiger partial charge in [-0.15, -0.1) is 12.6 Å². The second-order valence-electron chi connectivity index (χ2n) is 6.13. The molecule has 7 heteroatoms. The lowest BCUT2D eigenvalue weighted by atomic mass is 10.2. The van der Waals surface area contributed by atoms with Crippen LogP contribution in [0.4, 0.5) is 11.4 Å². The highest BCUT2D eigenvalue weighted by molar-refractivity contribution is 7.80. The van der Waals surface area contributed by atoms with E-state index in [2.05, 4.69) is 23.3 Å². The average Bonchev–Trinajstić information content (AvgIpc) is 2.68. The molecular formula is C22H18N2O4S. The van der Waals surface area contributed by atoms with Gasteiger partial charge >= 0.3 is 5.97 Å². The summed E-state index contributed by atoms with van der Waals surface area (Å²) >= 11 is 4.29. The number of anilines is 2. The fourth-order valence-electron chi connectivity index (χ4n) is 2.61. The number of carbonyl (C=O) groups excluding carboxylic acids is 3. The first-order chi connectivity index (χ1) is 13.9. The van der Waals surface area contributed by atoms with Gasteiger partial charge in [-0.1, -0.05) is 24.3 Å². The number of hydrogen-bond acceptors (Lipinski definition) is 5. The molecule has 0 atom stereocenters. The molecular weight excluding hydrogens is 388 g/mol. The van der Waals surface area contributed by atoms with Gasteiger partial charge in [0.05, 0.1) is 5.56 Å². The van der Waals surface area contributed by atoms with E-state index in [4.69, 9.17) is 4.74 Å². The lowest BCUT2D eigenvalue weighted by Gasteiger charge is -2.10. The van der Waals surface area contributed by atoms with E-state index in [9.17, 15) is 14.4 Å². The van der Waals surface area contributed by atoms with Crippen molar-refractivity contribution in [1.29, 1.82) is 0 Å². The van der Waals surface area contributed by atoms with E-state index in [1.54, 1.807) is 66.7 Å². The van der Waals surface area contributed by atoms with Crippen molar-refractivity contribution < 1.29 is 19.1 Å². The molecule has 3 rings (SSSR count). The van der Waals surface area contributed by atoms with Gasteiger partial charge in [0.1, 0.15) is 5.75 Å². The summed E-state index contributed by atoms with van der Waals surface area (Å²) in [5.74, 6) is -0.846. The van der Waals surface area contributed by atoms with Crippen LogP contribution in [0.2, 0.25) is 0 Å². The van der Waals surface area contributed by atoms with Crippen LogP contribution in [0.1, 0.15) is 27.6 Å². The van der Waals surface area contributed by atoms with Crippen LogP contribution in [-0.2, 0) is 4.79 Å². The maximum absolute atomic E-state index is 12.5. The van der Waals surface area contributed by atoms with Crippen molar-refractivity contribution in [3.05, 3.63) is 83.9 Å². The number of nitrogens with one attached hydrogen (secondary N) is 2. The molecule has 3 aromatic rings. The van der Waals surface area contributed by atoms with Crippen LogP contribution in [-0.4, -0.2) is 17.8 Å². The Kier molecular flexibility index (Phi) is 6.31. The van der Waals surface area contributed by atoms with Crippen molar-refractivity contribution in [2.45, 2.75) is 11.8 Å². The first-order valence-electron chi connectivity index (χ1n) is 8.71. The van der Waals surface area contributed by atoms with Gasteiger partial charge in [0.2, 0.25) is 0 Å². The van der Waals surface area contributed by atoms with Crippen molar-refractivity contribution in [2.75, 3.05) is 10.6 Å². The van der Waals surface area contributed by atoms with Gasteiger partial charge in [0.15, 0.2) is 0 Å². The Morgan fingerprint density at radius 3 is 2.14 bits per heavy atom. The highest BCUT2D eigenvalue weighted by atomic mass is 32.1. The van der Waals surface area contributed by atoms with Crippen molar-refractivity contribution in [2.24, 2.45) is 0 Å². The number of thiol groups is 1. The molecule has 3 aromatic carbocycles. The molecule has 0 aliphatic carbocycles. The summed E-state index contributed by atoms with van der Waals surface area (Å²) in [6, 6.07) is 20.1. The Hall–Kier alpha value is -3.58. The van der Waals surface area contributed by atoms with Crippen molar-refractivity contribution in [3.8, 4) is 5.75 Å². The number of benzene rings is 3. The minimum Gasteiger partial charge on any atom is -0.427 e. The zero-order valence-electron chi connectivity index (χ0n) is 15.5. The lowest BCUT2D eigenvalue weighted by Crippen LogP contribution is -2.14. The Morgan fingerprint density at radius 2 is 1.45 bits per heavy atom. The Labute approximate surface area is 173 Å². The molecule has 0 heterocycles. The number of esters is 1. The maximum Gasteiger partial charge on any atom is 0.308 e. The fourth-order valence-corrected chi connectivity index (χ4v) is 2.87. The fraction of sp³-hybridized carbons (Fsp3) is 0.0455. The standard InChI is InChI=1S/C22H18N2O4S/c1-14(25)28-18-9-4-6-15(12-18)21(26)23-16-7-5-8-17(13-16)24-22(27)19-10-2-3-11-20(19)29/h2-13,29H,1H3,(H,23,26)(H,24,27). The summed E-state index contributed by atoms with van der Waals surface area (Å²) in [6.45, 7) is 1.29. The number of rotatable bonds is 5. The second kappa shape index (κ2) is 9.07. The van der Waals surface area contributed by atoms with Crippen molar-refractivity contribution in [3.63, 3.8) is 0 Å². The minimum absolute atomic E-state index is 0.289. The quantitative estimate of drug-likeness (QED) is 0.333. The molecule has 0 saturated carbocycles. The molecule has 2 N–H and O–H groups in total. The number of hydrogen-bond donors (Lipinski definition) is 3. The normalized spacial score (nSPS) is 10.1. The Balaban J connectivity index is 1.71. The summed E-state index contributed by atoms with van der Waals surface area (Å²) in [4.78, 5) is 36.6. The summed E-state index contributed by atoms with van der Waals surface area (Å²) < 4.78 is 5.00. The van der Waals surface area contributed by atoms with E-state index in [1.807, 2.05) is 0 Å². The molecule has 0 aliphatic rings. The molecule has 0 unspecified atom stereocenters. The summed E-state index contributed by atoms with van der Waals surface area (Å²) in [7, 11) is 0.